The minimum absolute atomic E-state index is 0.491. The molecule has 3 N–H and O–H groups in total. The van der Waals surface area contributed by atoms with Crippen LogP contribution in [0.1, 0.15) is 19.4 Å². The van der Waals surface area contributed by atoms with Crippen molar-refractivity contribution in [3.05, 3.63) is 29.8 Å². The average molecular weight is 166 g/mol. The van der Waals surface area contributed by atoms with Gasteiger partial charge in [0.1, 0.15) is 0 Å². The summed E-state index contributed by atoms with van der Waals surface area (Å²) < 4.78 is 0. The Morgan fingerprint density at radius 2 is 1.83 bits per heavy atom. The van der Waals surface area contributed by atoms with Crippen LogP contribution in [0, 0.1) is 6.92 Å². The number of nitrogens with two attached hydrogens (primary N) is 1. The van der Waals surface area contributed by atoms with Crippen LogP contribution in [0.15, 0.2) is 24.3 Å². The van der Waals surface area contributed by atoms with Crippen LogP contribution >= 0.6 is 0 Å². The molecule has 0 heterocycles. The molecule has 1 aromatic carbocycles. The number of rotatable bonds is 2. The zero-order valence-electron chi connectivity index (χ0n) is 8.09. The van der Waals surface area contributed by atoms with E-state index in [1.54, 1.807) is 0 Å². The molecule has 0 fully saturated rings. The largest absolute Gasteiger partial charge is 0.372 e. The Morgan fingerprint density at radius 3 is 2.33 bits per heavy atom. The van der Waals surface area contributed by atoms with Gasteiger partial charge >= 0.3 is 0 Å². The van der Waals surface area contributed by atoms with Crippen molar-refractivity contribution in [3.63, 3.8) is 0 Å². The summed E-state index contributed by atoms with van der Waals surface area (Å²) in [5.74, 6) is 0. The second-order valence-electron chi connectivity index (χ2n) is 2.20. The molecule has 0 aliphatic carbocycles. The standard InChI is InChI=1S/C8H12N2.C2H6/c1-7-4-2-3-5-8(7)10-6-9;1-2/h2-5,10H,6,9H2,1H3;1-2H3. The van der Waals surface area contributed by atoms with Crippen molar-refractivity contribution >= 4 is 5.69 Å². The first-order valence-corrected chi connectivity index (χ1v) is 4.34. The van der Waals surface area contributed by atoms with E-state index in [0.29, 0.717) is 6.67 Å². The van der Waals surface area contributed by atoms with E-state index in [2.05, 4.69) is 18.3 Å². The van der Waals surface area contributed by atoms with Crippen LogP contribution in [0.5, 0.6) is 0 Å². The van der Waals surface area contributed by atoms with Crippen LogP contribution in [0.25, 0.3) is 0 Å². The molecular weight excluding hydrogens is 148 g/mol. The molecule has 1 aromatic rings. The number of anilines is 1. The van der Waals surface area contributed by atoms with Crippen LogP contribution in [-0.4, -0.2) is 6.67 Å². The summed E-state index contributed by atoms with van der Waals surface area (Å²) in [6.07, 6.45) is 0. The van der Waals surface area contributed by atoms with Gasteiger partial charge < -0.3 is 11.1 Å². The highest BCUT2D eigenvalue weighted by molar-refractivity contribution is 5.49. The van der Waals surface area contributed by atoms with Gasteiger partial charge in [-0.25, -0.2) is 0 Å². The Morgan fingerprint density at radius 1 is 1.25 bits per heavy atom. The maximum absolute atomic E-state index is 5.32. The normalized spacial score (nSPS) is 8.33. The lowest BCUT2D eigenvalue weighted by Crippen LogP contribution is -2.11. The zero-order chi connectivity index (χ0) is 9.40. The van der Waals surface area contributed by atoms with Crippen molar-refractivity contribution < 1.29 is 0 Å². The molecule has 0 atom stereocenters. The molecule has 12 heavy (non-hydrogen) atoms. The third-order valence-electron chi connectivity index (χ3n) is 1.44. The Kier molecular flexibility index (Phi) is 6.11. The number of hydrogen-bond donors (Lipinski definition) is 2. The van der Waals surface area contributed by atoms with Gasteiger partial charge in [-0.15, -0.1) is 0 Å². The van der Waals surface area contributed by atoms with E-state index in [0.717, 1.165) is 5.69 Å². The molecule has 0 aliphatic rings. The van der Waals surface area contributed by atoms with E-state index >= 15 is 0 Å². The van der Waals surface area contributed by atoms with Gasteiger partial charge in [0.15, 0.2) is 0 Å². The average Bonchev–Trinajstić information content (AvgIpc) is 2.13. The molecule has 2 heteroatoms. The van der Waals surface area contributed by atoms with Gasteiger partial charge in [-0.05, 0) is 18.6 Å². The van der Waals surface area contributed by atoms with Gasteiger partial charge in [0.2, 0.25) is 0 Å². The van der Waals surface area contributed by atoms with E-state index in [1.807, 2.05) is 32.0 Å². The molecule has 0 saturated carbocycles. The summed E-state index contributed by atoms with van der Waals surface area (Å²) in [6.45, 7) is 6.54. The molecule has 0 saturated heterocycles. The lowest BCUT2D eigenvalue weighted by Gasteiger charge is -2.04. The van der Waals surface area contributed by atoms with E-state index in [1.165, 1.54) is 5.56 Å². The quantitative estimate of drug-likeness (QED) is 0.662. The van der Waals surface area contributed by atoms with Gasteiger partial charge in [0.05, 0.1) is 6.67 Å². The fraction of sp³-hybridized carbons (Fsp3) is 0.400. The molecule has 0 radical (unpaired) electrons. The van der Waals surface area contributed by atoms with Gasteiger partial charge in [-0.1, -0.05) is 32.0 Å². The van der Waals surface area contributed by atoms with Crippen molar-refractivity contribution in [3.8, 4) is 0 Å². The third kappa shape index (κ3) is 3.39. The minimum atomic E-state index is 0.491. The van der Waals surface area contributed by atoms with Gasteiger partial charge in [0, 0.05) is 5.69 Å². The van der Waals surface area contributed by atoms with Crippen LogP contribution in [-0.2, 0) is 0 Å². The lowest BCUT2D eigenvalue weighted by atomic mass is 10.2. The first kappa shape index (κ1) is 11.0. The van der Waals surface area contributed by atoms with E-state index < -0.39 is 0 Å². The zero-order valence-corrected chi connectivity index (χ0v) is 8.09. The number of hydrogen-bond acceptors (Lipinski definition) is 2. The summed E-state index contributed by atoms with van der Waals surface area (Å²) >= 11 is 0. The molecule has 0 aromatic heterocycles. The number of nitrogens with one attached hydrogen (secondary N) is 1. The number of benzene rings is 1. The van der Waals surface area contributed by atoms with Gasteiger partial charge in [-0.2, -0.15) is 0 Å². The first-order chi connectivity index (χ1) is 5.84. The van der Waals surface area contributed by atoms with Gasteiger partial charge in [-0.3, -0.25) is 0 Å². The topological polar surface area (TPSA) is 38.0 Å². The molecule has 2 nitrogen and oxygen atoms in total. The molecule has 68 valence electrons. The van der Waals surface area contributed by atoms with Crippen molar-refractivity contribution in [2.75, 3.05) is 12.0 Å². The van der Waals surface area contributed by atoms with E-state index in [4.69, 9.17) is 5.73 Å². The van der Waals surface area contributed by atoms with E-state index in [9.17, 15) is 0 Å². The maximum Gasteiger partial charge on any atom is 0.0628 e. The third-order valence-corrected chi connectivity index (χ3v) is 1.44. The monoisotopic (exact) mass is 166 g/mol. The lowest BCUT2D eigenvalue weighted by molar-refractivity contribution is 1.14. The molecule has 0 amide bonds. The minimum Gasteiger partial charge on any atom is -0.372 e. The fourth-order valence-corrected chi connectivity index (χ4v) is 0.881. The maximum atomic E-state index is 5.32. The molecule has 1 rings (SSSR count). The van der Waals surface area contributed by atoms with Crippen molar-refractivity contribution in [1.29, 1.82) is 0 Å². The fourth-order valence-electron chi connectivity index (χ4n) is 0.881. The highest BCUT2D eigenvalue weighted by atomic mass is 15.0. The van der Waals surface area contributed by atoms with Crippen LogP contribution < -0.4 is 11.1 Å². The van der Waals surface area contributed by atoms with Gasteiger partial charge in [0.25, 0.3) is 0 Å². The first-order valence-electron chi connectivity index (χ1n) is 4.34. The molecule has 0 aliphatic heterocycles. The second-order valence-corrected chi connectivity index (χ2v) is 2.20. The second kappa shape index (κ2) is 6.68. The van der Waals surface area contributed by atoms with Crippen molar-refractivity contribution in [2.45, 2.75) is 20.8 Å². The summed E-state index contributed by atoms with van der Waals surface area (Å²) in [4.78, 5) is 0. The number of aryl methyl sites for hydroxylation is 1. The molecule has 0 bridgehead atoms. The molecule has 0 unspecified atom stereocenters. The van der Waals surface area contributed by atoms with Crippen molar-refractivity contribution in [2.24, 2.45) is 5.73 Å². The molecule has 0 spiro atoms. The Labute approximate surface area is 74.8 Å². The van der Waals surface area contributed by atoms with Crippen LogP contribution in [0.2, 0.25) is 0 Å². The Balaban J connectivity index is 0.000000561. The Bertz CT molecular complexity index is 209. The highest BCUT2D eigenvalue weighted by Gasteiger charge is 1.90. The predicted octanol–water partition coefficient (Wildman–Crippen LogP) is 2.35. The highest BCUT2D eigenvalue weighted by Crippen LogP contribution is 2.11. The van der Waals surface area contributed by atoms with Crippen molar-refractivity contribution in [1.82, 2.24) is 0 Å². The summed E-state index contributed by atoms with van der Waals surface area (Å²) in [6, 6.07) is 8.07. The SMILES string of the molecule is CC.Cc1ccccc1NCN. The summed E-state index contributed by atoms with van der Waals surface area (Å²) in [5.41, 5.74) is 7.66. The predicted molar refractivity (Wildman–Crippen MR) is 55.2 cm³/mol. The van der Waals surface area contributed by atoms with E-state index in [-0.39, 0.29) is 0 Å². The number of para-hydroxylation sites is 1. The van der Waals surface area contributed by atoms with Crippen LogP contribution in [0.4, 0.5) is 5.69 Å². The summed E-state index contributed by atoms with van der Waals surface area (Å²) in [5, 5.41) is 3.05. The smallest absolute Gasteiger partial charge is 0.0628 e. The Hall–Kier alpha value is -1.02. The molecular formula is C10H18N2. The summed E-state index contributed by atoms with van der Waals surface area (Å²) in [7, 11) is 0. The van der Waals surface area contributed by atoms with Crippen LogP contribution in [0.3, 0.4) is 0 Å².